The third-order valence-electron chi connectivity index (χ3n) is 5.28. The van der Waals surface area contributed by atoms with Crippen LogP contribution in [0.5, 0.6) is 5.88 Å². The van der Waals surface area contributed by atoms with Gasteiger partial charge in [-0.3, -0.25) is 10.1 Å². The van der Waals surface area contributed by atoms with Crippen LogP contribution in [0.2, 0.25) is 0 Å². The zero-order valence-corrected chi connectivity index (χ0v) is 22.1. The van der Waals surface area contributed by atoms with E-state index in [4.69, 9.17) is 9.47 Å². The van der Waals surface area contributed by atoms with Crippen LogP contribution in [-0.2, 0) is 16.0 Å². The highest BCUT2D eigenvalue weighted by molar-refractivity contribution is 5.94. The molecule has 1 aliphatic heterocycles. The zero-order chi connectivity index (χ0) is 24.1. The minimum absolute atomic E-state index is 0. The van der Waals surface area contributed by atoms with Crippen molar-refractivity contribution in [2.45, 2.75) is 39.2 Å². The van der Waals surface area contributed by atoms with Crippen LogP contribution >= 0.6 is 24.8 Å². The minimum Gasteiger partial charge on any atom is -0.475 e. The monoisotopic (exact) mass is 526 g/mol. The van der Waals surface area contributed by atoms with Gasteiger partial charge in [-0.2, -0.15) is 0 Å². The number of hydrogen-bond donors (Lipinski definition) is 1. The van der Waals surface area contributed by atoms with Gasteiger partial charge in [0, 0.05) is 47.7 Å². The Morgan fingerprint density at radius 1 is 1.26 bits per heavy atom. The maximum atomic E-state index is 13.2. The van der Waals surface area contributed by atoms with Crippen molar-refractivity contribution < 1.29 is 19.2 Å². The van der Waals surface area contributed by atoms with Crippen molar-refractivity contribution >= 4 is 42.2 Å². The smallest absolute Gasteiger partial charge is 0.336 e. The number of pyridine rings is 1. The molecule has 0 saturated heterocycles. The minimum atomic E-state index is -0.447. The van der Waals surface area contributed by atoms with Crippen molar-refractivity contribution in [3.05, 3.63) is 69.0 Å². The third kappa shape index (κ3) is 7.55. The van der Waals surface area contributed by atoms with E-state index in [0.29, 0.717) is 30.1 Å². The first kappa shape index (κ1) is 30.2. The molecule has 1 atom stereocenters. The number of fused-ring (bicyclic) bond motifs is 1. The van der Waals surface area contributed by atoms with Crippen LogP contribution in [0.25, 0.3) is 0 Å². The van der Waals surface area contributed by atoms with Crippen LogP contribution in [0.4, 0.5) is 11.4 Å². The van der Waals surface area contributed by atoms with Gasteiger partial charge in [0.1, 0.15) is 6.61 Å². The van der Waals surface area contributed by atoms with Gasteiger partial charge in [-0.05, 0) is 52.9 Å². The van der Waals surface area contributed by atoms with Crippen molar-refractivity contribution in [3.8, 4) is 5.88 Å². The van der Waals surface area contributed by atoms with Crippen LogP contribution in [0.15, 0.2) is 47.8 Å². The normalized spacial score (nSPS) is 14.4. The SMILES string of the molecule is CC1=C(C(=O)OCCN(C)C)C(Cc2cccc([N+](=O)[O-])c2)c2c(ccnc2OC(C)C)N1.Cl.Cl. The molecule has 2 aromatic rings. The molecule has 192 valence electrons. The molecule has 35 heavy (non-hydrogen) atoms. The number of non-ortho nitro benzene ring substituents is 1. The predicted molar refractivity (Wildman–Crippen MR) is 140 cm³/mol. The van der Waals surface area contributed by atoms with E-state index in [2.05, 4.69) is 10.3 Å². The summed E-state index contributed by atoms with van der Waals surface area (Å²) in [5.41, 5.74) is 3.40. The topological polar surface area (TPSA) is 107 Å². The Bertz CT molecular complexity index is 1080. The number of ether oxygens (including phenoxy) is 2. The molecular formula is C24H32Cl2N4O5. The summed E-state index contributed by atoms with van der Waals surface area (Å²) in [4.78, 5) is 30.4. The largest absolute Gasteiger partial charge is 0.475 e. The Hall–Kier alpha value is -2.88. The summed E-state index contributed by atoms with van der Waals surface area (Å²) < 4.78 is 11.6. The third-order valence-corrected chi connectivity index (χ3v) is 5.28. The molecular weight excluding hydrogens is 495 g/mol. The van der Waals surface area contributed by atoms with Gasteiger partial charge in [-0.25, -0.2) is 9.78 Å². The number of carbonyl (C=O) groups excluding carboxylic acids is 1. The number of nitrogens with zero attached hydrogens (tertiary/aromatic N) is 3. The van der Waals surface area contributed by atoms with Crippen LogP contribution in [0, 0.1) is 10.1 Å². The highest BCUT2D eigenvalue weighted by atomic mass is 35.5. The average molecular weight is 527 g/mol. The lowest BCUT2D eigenvalue weighted by atomic mass is 9.82. The number of rotatable bonds is 9. The van der Waals surface area contributed by atoms with Gasteiger partial charge in [-0.1, -0.05) is 12.1 Å². The molecule has 0 radical (unpaired) electrons. The molecule has 1 aliphatic rings. The quantitative estimate of drug-likeness (QED) is 0.283. The van der Waals surface area contributed by atoms with Gasteiger partial charge in [0.15, 0.2) is 0 Å². The molecule has 1 aromatic heterocycles. The van der Waals surface area contributed by atoms with Gasteiger partial charge in [0.05, 0.1) is 16.6 Å². The number of benzene rings is 1. The van der Waals surface area contributed by atoms with Gasteiger partial charge in [-0.15, -0.1) is 24.8 Å². The Balaban J connectivity index is 0.00000306. The van der Waals surface area contributed by atoms with E-state index in [1.54, 1.807) is 12.3 Å². The van der Waals surface area contributed by atoms with Gasteiger partial charge in [0.25, 0.3) is 5.69 Å². The Morgan fingerprint density at radius 3 is 2.60 bits per heavy atom. The number of aromatic nitrogens is 1. The maximum Gasteiger partial charge on any atom is 0.336 e. The van der Waals surface area contributed by atoms with Gasteiger partial charge >= 0.3 is 5.97 Å². The molecule has 0 bridgehead atoms. The zero-order valence-electron chi connectivity index (χ0n) is 20.4. The van der Waals surface area contributed by atoms with Crippen molar-refractivity contribution in [1.82, 2.24) is 9.88 Å². The van der Waals surface area contributed by atoms with E-state index in [0.717, 1.165) is 16.8 Å². The summed E-state index contributed by atoms with van der Waals surface area (Å²) in [6.07, 6.45) is 1.89. The second-order valence-electron chi connectivity index (χ2n) is 8.53. The molecule has 9 nitrogen and oxygen atoms in total. The lowest BCUT2D eigenvalue weighted by molar-refractivity contribution is -0.384. The Labute approximate surface area is 217 Å². The van der Waals surface area contributed by atoms with Crippen molar-refractivity contribution in [3.63, 3.8) is 0 Å². The number of anilines is 1. The van der Waals surface area contributed by atoms with Crippen LogP contribution in [-0.4, -0.2) is 54.1 Å². The molecule has 1 unspecified atom stereocenters. The molecule has 0 spiro atoms. The lowest BCUT2D eigenvalue weighted by Crippen LogP contribution is -2.28. The van der Waals surface area contributed by atoms with E-state index in [-0.39, 0.29) is 43.2 Å². The summed E-state index contributed by atoms with van der Waals surface area (Å²) in [6.45, 7) is 6.49. The summed E-state index contributed by atoms with van der Waals surface area (Å²) in [6, 6.07) is 8.28. The molecule has 0 saturated carbocycles. The van der Waals surface area contributed by atoms with Crippen LogP contribution in [0.3, 0.4) is 0 Å². The fraction of sp³-hybridized carbons (Fsp3) is 0.417. The Morgan fingerprint density at radius 2 is 1.97 bits per heavy atom. The first-order chi connectivity index (χ1) is 15.7. The number of esters is 1. The van der Waals surface area contributed by atoms with Crippen molar-refractivity contribution in [2.24, 2.45) is 0 Å². The number of nitro benzene ring substituents is 1. The second kappa shape index (κ2) is 13.3. The fourth-order valence-corrected chi connectivity index (χ4v) is 3.82. The standard InChI is InChI=1S/C24H30N4O5.2ClH/c1-15(2)33-23-22-19(14-17-7-6-8-18(13-17)28(30)31)21(24(29)32-12-11-27(4)5)16(3)26-20(22)9-10-25-23;;/h6-10,13,15,19,26H,11-12,14H2,1-5H3;2*1H. The molecule has 2 heterocycles. The molecule has 1 N–H and O–H groups in total. The van der Waals surface area contributed by atoms with Gasteiger partial charge < -0.3 is 19.7 Å². The van der Waals surface area contributed by atoms with Gasteiger partial charge in [0.2, 0.25) is 5.88 Å². The Kier molecular flexibility index (Phi) is 11.4. The number of nitro groups is 1. The second-order valence-corrected chi connectivity index (χ2v) is 8.53. The summed E-state index contributed by atoms with van der Waals surface area (Å²) in [5, 5.41) is 14.6. The number of likely N-dealkylation sites (N-methyl/N-ethyl adjacent to an activating group) is 1. The molecule has 3 rings (SSSR count). The number of hydrogen-bond acceptors (Lipinski definition) is 8. The molecule has 0 aliphatic carbocycles. The van der Waals surface area contributed by atoms with Crippen LogP contribution in [0.1, 0.15) is 37.8 Å². The number of nitrogens with one attached hydrogen (secondary N) is 1. The number of carbonyl (C=O) groups is 1. The maximum absolute atomic E-state index is 13.2. The summed E-state index contributed by atoms with van der Waals surface area (Å²) in [5.74, 6) is -0.448. The average Bonchev–Trinajstić information content (AvgIpc) is 2.73. The van der Waals surface area contributed by atoms with Crippen LogP contribution < -0.4 is 10.1 Å². The van der Waals surface area contributed by atoms with E-state index < -0.39 is 16.8 Å². The molecule has 1 aromatic carbocycles. The highest BCUT2D eigenvalue weighted by Gasteiger charge is 2.35. The van der Waals surface area contributed by atoms with Crippen molar-refractivity contribution in [2.75, 3.05) is 32.6 Å². The van der Waals surface area contributed by atoms with E-state index in [9.17, 15) is 14.9 Å². The van der Waals surface area contributed by atoms with E-state index >= 15 is 0 Å². The lowest BCUT2D eigenvalue weighted by Gasteiger charge is -2.31. The fourth-order valence-electron chi connectivity index (χ4n) is 3.82. The summed E-state index contributed by atoms with van der Waals surface area (Å²) >= 11 is 0. The van der Waals surface area contributed by atoms with E-state index in [1.807, 2.05) is 51.9 Å². The summed E-state index contributed by atoms with van der Waals surface area (Å²) in [7, 11) is 3.81. The number of allylic oxidation sites excluding steroid dienone is 1. The van der Waals surface area contributed by atoms with E-state index in [1.165, 1.54) is 12.1 Å². The predicted octanol–water partition coefficient (Wildman–Crippen LogP) is 4.75. The first-order valence-electron chi connectivity index (χ1n) is 10.9. The molecule has 0 fully saturated rings. The highest BCUT2D eigenvalue weighted by Crippen LogP contribution is 2.44. The first-order valence-corrected chi connectivity index (χ1v) is 10.9. The molecule has 0 amide bonds. The number of halogens is 2. The van der Waals surface area contributed by atoms with Crippen molar-refractivity contribution in [1.29, 1.82) is 0 Å². The molecule has 11 heteroatoms.